The van der Waals surface area contributed by atoms with E-state index in [0.29, 0.717) is 12.6 Å². The Balaban J connectivity index is 0.00000370. The monoisotopic (exact) mass is 559 g/mol. The number of hydrogen-bond acceptors (Lipinski definition) is 2. The van der Waals surface area contributed by atoms with Gasteiger partial charge in [0.1, 0.15) is 7.14 Å². The van der Waals surface area contributed by atoms with Crippen LogP contribution in [0.15, 0.2) is 152 Å². The molecule has 0 bridgehead atoms. The van der Waals surface area contributed by atoms with Gasteiger partial charge in [0.05, 0.1) is 11.8 Å². The summed E-state index contributed by atoms with van der Waals surface area (Å²) in [6.45, 7) is 0. The minimum Gasteiger partial charge on any atom is -0.392 e. The smallest absolute Gasteiger partial charge is 0.149 e. The molecule has 0 amide bonds. The molecule has 40 heavy (non-hydrogen) atoms. The molecule has 0 fully saturated rings. The summed E-state index contributed by atoms with van der Waals surface area (Å²) in [5, 5.41) is 16.1. The van der Waals surface area contributed by atoms with E-state index in [4.69, 9.17) is 0 Å². The number of aliphatic hydroxyl groups excluding tert-OH is 1. The first-order valence-corrected chi connectivity index (χ1v) is 16.8. The van der Waals surface area contributed by atoms with Gasteiger partial charge in [0.15, 0.2) is 0 Å². The fraction of sp³-hybridized carbons (Fsp3) is 0.143. The molecule has 0 unspecified atom stereocenters. The van der Waals surface area contributed by atoms with E-state index in [9.17, 15) is 5.11 Å². The molecular formula is C35H34BO2P2. The van der Waals surface area contributed by atoms with Crippen molar-refractivity contribution in [2.75, 3.05) is 6.16 Å². The Morgan fingerprint density at radius 2 is 0.950 bits per heavy atom. The van der Waals surface area contributed by atoms with Crippen molar-refractivity contribution in [2.24, 2.45) is 0 Å². The summed E-state index contributed by atoms with van der Waals surface area (Å²) in [5.41, 5.74) is 0.732. The van der Waals surface area contributed by atoms with Gasteiger partial charge >= 0.3 is 0 Å². The second kappa shape index (κ2) is 14.4. The lowest BCUT2D eigenvalue weighted by molar-refractivity contribution is 0.164. The van der Waals surface area contributed by atoms with E-state index in [-0.39, 0.29) is 8.41 Å². The van der Waals surface area contributed by atoms with Crippen molar-refractivity contribution in [3.63, 3.8) is 0 Å². The van der Waals surface area contributed by atoms with Crippen LogP contribution in [0.5, 0.6) is 0 Å². The largest absolute Gasteiger partial charge is 0.392 e. The summed E-state index contributed by atoms with van der Waals surface area (Å²) in [7, 11) is -4.11. The lowest BCUT2D eigenvalue weighted by atomic mass is 10.1. The van der Waals surface area contributed by atoms with Gasteiger partial charge in [-0.3, -0.25) is 0 Å². The third-order valence-electron chi connectivity index (χ3n) is 7.27. The van der Waals surface area contributed by atoms with E-state index in [1.165, 1.54) is 16.2 Å². The van der Waals surface area contributed by atoms with E-state index in [0.717, 1.165) is 17.0 Å². The average molecular weight is 559 g/mol. The van der Waals surface area contributed by atoms with Crippen LogP contribution in [-0.4, -0.2) is 31.4 Å². The van der Waals surface area contributed by atoms with Gasteiger partial charge in [-0.05, 0) is 43.1 Å². The number of rotatable bonds is 11. The summed E-state index contributed by atoms with van der Waals surface area (Å²) in [6, 6.07) is 50.9. The average Bonchev–Trinajstić information content (AvgIpc) is 3.02. The zero-order valence-electron chi connectivity index (χ0n) is 22.5. The third-order valence-corrected chi connectivity index (χ3v) is 13.7. The fourth-order valence-electron chi connectivity index (χ4n) is 5.22. The van der Waals surface area contributed by atoms with Crippen LogP contribution < -0.4 is 21.2 Å². The van der Waals surface area contributed by atoms with E-state index in [2.05, 4.69) is 60.7 Å². The Bertz CT molecular complexity index is 1380. The SMILES string of the molecule is O=P(c1ccccc1)(c1ccccc1)[C@@H](CP(c1ccccc1)c1ccccc1)[C@@H](O)CCc1ccccc1.[B]. The predicted molar refractivity (Wildman–Crippen MR) is 174 cm³/mol. The third kappa shape index (κ3) is 6.91. The molecule has 0 aliphatic carbocycles. The molecule has 5 rings (SSSR count). The quantitative estimate of drug-likeness (QED) is 0.157. The lowest BCUT2D eigenvalue weighted by Crippen LogP contribution is -2.38. The highest BCUT2D eigenvalue weighted by atomic mass is 31.2. The Hall–Kier alpha value is -3.22. The molecule has 0 spiro atoms. The zero-order valence-corrected chi connectivity index (χ0v) is 24.3. The predicted octanol–water partition coefficient (Wildman–Crippen LogP) is 6.11. The van der Waals surface area contributed by atoms with Gasteiger partial charge in [0, 0.05) is 19.0 Å². The number of benzene rings is 5. The summed E-state index contributed by atoms with van der Waals surface area (Å²) in [6.07, 6.45) is 1.16. The van der Waals surface area contributed by atoms with Crippen LogP contribution in [-0.2, 0) is 11.0 Å². The van der Waals surface area contributed by atoms with Crippen molar-refractivity contribution in [1.82, 2.24) is 0 Å². The van der Waals surface area contributed by atoms with Crippen molar-refractivity contribution in [1.29, 1.82) is 0 Å². The van der Waals surface area contributed by atoms with Crippen LogP contribution in [0.4, 0.5) is 0 Å². The van der Waals surface area contributed by atoms with Crippen molar-refractivity contribution in [2.45, 2.75) is 24.6 Å². The highest BCUT2D eigenvalue weighted by Gasteiger charge is 2.42. The first kappa shape index (κ1) is 29.8. The van der Waals surface area contributed by atoms with Crippen LogP contribution in [0.3, 0.4) is 0 Å². The molecule has 5 aromatic carbocycles. The lowest BCUT2D eigenvalue weighted by Gasteiger charge is -2.35. The Kier molecular flexibility index (Phi) is 10.7. The van der Waals surface area contributed by atoms with Crippen molar-refractivity contribution in [3.05, 3.63) is 157 Å². The van der Waals surface area contributed by atoms with Gasteiger partial charge in [-0.25, -0.2) is 0 Å². The molecule has 0 aromatic heterocycles. The van der Waals surface area contributed by atoms with Gasteiger partial charge in [0.2, 0.25) is 0 Å². The molecule has 5 aromatic rings. The molecule has 199 valence electrons. The molecule has 5 heteroatoms. The summed E-state index contributed by atoms with van der Waals surface area (Å²) in [4.78, 5) is 0. The van der Waals surface area contributed by atoms with Crippen molar-refractivity contribution >= 4 is 44.7 Å². The van der Waals surface area contributed by atoms with Crippen LogP contribution in [0.2, 0.25) is 0 Å². The molecule has 0 aliphatic heterocycles. The minimum atomic E-state index is -3.24. The second-order valence-corrected chi connectivity index (χ2v) is 15.0. The normalized spacial score (nSPS) is 12.8. The standard InChI is InChI=1S/C35H34O2P2.B/c36-34(27-26-29-16-6-1-7-17-29)35(28-38(30-18-8-2-9-19-30)31-20-10-3-11-21-31)39(37,32-22-12-4-13-23-32)33-24-14-5-15-25-33;/h1-25,34-36H,26-28H2;/t34-,35-;/m0./s1. The van der Waals surface area contributed by atoms with Crippen LogP contribution in [0, 0.1) is 0 Å². The van der Waals surface area contributed by atoms with E-state index < -0.39 is 26.8 Å². The van der Waals surface area contributed by atoms with Gasteiger partial charge in [0.25, 0.3) is 0 Å². The molecule has 3 radical (unpaired) electrons. The van der Waals surface area contributed by atoms with Crippen LogP contribution in [0.1, 0.15) is 12.0 Å². The van der Waals surface area contributed by atoms with Crippen LogP contribution in [0.25, 0.3) is 0 Å². The van der Waals surface area contributed by atoms with Crippen molar-refractivity contribution in [3.8, 4) is 0 Å². The number of aryl methyl sites for hydroxylation is 1. The fourth-order valence-corrected chi connectivity index (χ4v) is 12.0. The maximum Gasteiger partial charge on any atom is 0.149 e. The first-order chi connectivity index (χ1) is 19.2. The molecule has 1 N–H and O–H groups in total. The summed E-state index contributed by atoms with van der Waals surface area (Å²) in [5.74, 6) is 0. The second-order valence-electron chi connectivity index (χ2n) is 9.77. The zero-order chi connectivity index (χ0) is 26.9. The Morgan fingerprint density at radius 1 is 0.575 bits per heavy atom. The van der Waals surface area contributed by atoms with Crippen molar-refractivity contribution < 1.29 is 9.67 Å². The van der Waals surface area contributed by atoms with Gasteiger partial charge in [-0.2, -0.15) is 0 Å². The Labute approximate surface area is 241 Å². The molecule has 2 atom stereocenters. The first-order valence-electron chi connectivity index (χ1n) is 13.5. The van der Waals surface area contributed by atoms with Gasteiger partial charge < -0.3 is 9.67 Å². The topological polar surface area (TPSA) is 37.3 Å². The number of hydrogen-bond donors (Lipinski definition) is 1. The Morgan fingerprint density at radius 3 is 1.38 bits per heavy atom. The maximum atomic E-state index is 15.6. The number of aliphatic hydroxyl groups is 1. The molecule has 0 heterocycles. The molecule has 0 saturated heterocycles. The molecule has 0 aliphatic rings. The summed E-state index contributed by atoms with van der Waals surface area (Å²) < 4.78 is 15.6. The van der Waals surface area contributed by atoms with Gasteiger partial charge in [-0.1, -0.05) is 152 Å². The van der Waals surface area contributed by atoms with E-state index in [1.54, 1.807) is 0 Å². The highest BCUT2D eigenvalue weighted by Crippen LogP contribution is 2.54. The van der Waals surface area contributed by atoms with Gasteiger partial charge in [-0.15, -0.1) is 0 Å². The summed E-state index contributed by atoms with van der Waals surface area (Å²) >= 11 is 0. The molecule has 0 saturated carbocycles. The highest BCUT2D eigenvalue weighted by molar-refractivity contribution is 7.81. The molecule has 2 nitrogen and oxygen atoms in total. The maximum absolute atomic E-state index is 15.6. The molecular weight excluding hydrogens is 525 g/mol. The van der Waals surface area contributed by atoms with Crippen LogP contribution >= 0.6 is 15.1 Å². The van der Waals surface area contributed by atoms with E-state index >= 15 is 4.57 Å². The van der Waals surface area contributed by atoms with E-state index in [1.807, 2.05) is 91.0 Å². The minimum absolute atomic E-state index is 0.